The van der Waals surface area contributed by atoms with Crippen molar-refractivity contribution in [2.75, 3.05) is 18.5 Å². The van der Waals surface area contributed by atoms with Crippen molar-refractivity contribution in [2.24, 2.45) is 0 Å². The van der Waals surface area contributed by atoms with Gasteiger partial charge in [0, 0.05) is 45.5 Å². The summed E-state index contributed by atoms with van der Waals surface area (Å²) in [6.07, 6.45) is 11.3. The zero-order chi connectivity index (χ0) is 26.4. The molecule has 0 amide bonds. The number of rotatable bonds is 6. The molecule has 0 N–H and O–H groups in total. The molecule has 2 aliphatic heterocycles. The molecule has 0 aliphatic carbocycles. The van der Waals surface area contributed by atoms with Crippen LogP contribution in [0.3, 0.4) is 0 Å². The van der Waals surface area contributed by atoms with Crippen LogP contribution in [0.15, 0.2) is 95.1 Å². The summed E-state index contributed by atoms with van der Waals surface area (Å²) in [5.74, 6) is 0. The summed E-state index contributed by atoms with van der Waals surface area (Å²) in [5, 5.41) is 2.67. The number of hydrogen-bond donors (Lipinski definition) is 0. The van der Waals surface area contributed by atoms with Crippen molar-refractivity contribution in [1.29, 1.82) is 0 Å². The average molecular weight is 555 g/mol. The van der Waals surface area contributed by atoms with E-state index in [9.17, 15) is 0 Å². The van der Waals surface area contributed by atoms with Crippen LogP contribution in [0.25, 0.3) is 10.8 Å². The van der Waals surface area contributed by atoms with Crippen molar-refractivity contribution in [1.82, 2.24) is 0 Å². The fourth-order valence-electron chi connectivity index (χ4n) is 6.27. The Morgan fingerprint density at radius 3 is 2.43 bits per heavy atom. The van der Waals surface area contributed by atoms with Crippen LogP contribution in [0.2, 0.25) is 0 Å². The Kier molecular flexibility index (Phi) is 6.79. The number of para-hydroxylation sites is 1. The Bertz CT molecular complexity index is 1480. The van der Waals surface area contributed by atoms with Crippen LogP contribution in [-0.2, 0) is 10.8 Å². The van der Waals surface area contributed by atoms with Gasteiger partial charge in [-0.25, -0.2) is 0 Å². The normalized spacial score (nSPS) is 19.4. The van der Waals surface area contributed by atoms with E-state index in [1.54, 1.807) is 0 Å². The van der Waals surface area contributed by atoms with Crippen molar-refractivity contribution in [3.05, 3.63) is 106 Å². The van der Waals surface area contributed by atoms with Crippen LogP contribution in [0, 0.1) is 0 Å². The number of nitrogens with zero attached hydrogens (tertiary/aromatic N) is 2. The SMILES string of the molecule is CCCCN1C(=CC=C(Br)C=CC2=[N+](C)c3ccccc3C2(C)C)C(C)(C)c2c1ccc1ccccc21. The molecule has 0 unspecified atom stereocenters. The van der Waals surface area contributed by atoms with E-state index in [0.29, 0.717) is 0 Å². The zero-order valence-electron chi connectivity index (χ0n) is 23.0. The van der Waals surface area contributed by atoms with Gasteiger partial charge >= 0.3 is 0 Å². The Balaban J connectivity index is 1.51. The summed E-state index contributed by atoms with van der Waals surface area (Å²) in [6.45, 7) is 12.7. The molecule has 0 radical (unpaired) electrons. The molecule has 37 heavy (non-hydrogen) atoms. The van der Waals surface area contributed by atoms with Gasteiger partial charge in [0.25, 0.3) is 0 Å². The lowest BCUT2D eigenvalue weighted by Gasteiger charge is -2.27. The molecule has 0 bridgehead atoms. The van der Waals surface area contributed by atoms with Gasteiger partial charge in [-0.15, -0.1) is 0 Å². The van der Waals surface area contributed by atoms with Crippen LogP contribution in [0.4, 0.5) is 11.4 Å². The van der Waals surface area contributed by atoms with Crippen molar-refractivity contribution in [3.63, 3.8) is 0 Å². The van der Waals surface area contributed by atoms with E-state index >= 15 is 0 Å². The van der Waals surface area contributed by atoms with Gasteiger partial charge in [0.05, 0.1) is 5.41 Å². The molecule has 2 nitrogen and oxygen atoms in total. The molecule has 3 aromatic carbocycles. The highest BCUT2D eigenvalue weighted by molar-refractivity contribution is 9.11. The van der Waals surface area contributed by atoms with Gasteiger partial charge in [-0.3, -0.25) is 0 Å². The first-order valence-corrected chi connectivity index (χ1v) is 14.2. The molecule has 2 heterocycles. The number of anilines is 1. The summed E-state index contributed by atoms with van der Waals surface area (Å²) in [7, 11) is 2.17. The Labute approximate surface area is 230 Å². The number of allylic oxidation sites excluding steroid dienone is 6. The van der Waals surface area contributed by atoms with Gasteiger partial charge in [-0.1, -0.05) is 91.7 Å². The highest BCUT2D eigenvalue weighted by Gasteiger charge is 2.43. The van der Waals surface area contributed by atoms with Crippen LogP contribution < -0.4 is 4.90 Å². The monoisotopic (exact) mass is 553 g/mol. The fraction of sp³-hybridized carbons (Fsp3) is 0.324. The maximum Gasteiger partial charge on any atom is 0.209 e. The Hall–Kier alpha value is -2.91. The first-order valence-electron chi connectivity index (χ1n) is 13.4. The van der Waals surface area contributed by atoms with E-state index in [2.05, 4.69) is 152 Å². The lowest BCUT2D eigenvalue weighted by molar-refractivity contribution is -0.401. The van der Waals surface area contributed by atoms with Crippen LogP contribution >= 0.6 is 15.9 Å². The van der Waals surface area contributed by atoms with E-state index in [1.807, 2.05) is 0 Å². The third-order valence-electron chi connectivity index (χ3n) is 8.23. The van der Waals surface area contributed by atoms with Crippen LogP contribution in [-0.4, -0.2) is 23.9 Å². The summed E-state index contributed by atoms with van der Waals surface area (Å²) in [4.78, 5) is 2.55. The van der Waals surface area contributed by atoms with E-state index in [1.165, 1.54) is 57.5 Å². The zero-order valence-corrected chi connectivity index (χ0v) is 24.6. The minimum absolute atomic E-state index is 0.0271. The van der Waals surface area contributed by atoms with Crippen molar-refractivity contribution < 1.29 is 4.58 Å². The third-order valence-corrected chi connectivity index (χ3v) is 8.76. The predicted octanol–water partition coefficient (Wildman–Crippen LogP) is 9.16. The number of halogens is 1. The number of fused-ring (bicyclic) bond motifs is 4. The molecule has 0 spiro atoms. The summed E-state index contributed by atoms with van der Waals surface area (Å²) in [5.41, 5.74) is 8.01. The largest absolute Gasteiger partial charge is 0.344 e. The Morgan fingerprint density at radius 2 is 1.68 bits per heavy atom. The van der Waals surface area contributed by atoms with Gasteiger partial charge < -0.3 is 4.90 Å². The van der Waals surface area contributed by atoms with E-state index in [4.69, 9.17) is 0 Å². The molecule has 0 fully saturated rings. The second-order valence-electron chi connectivity index (χ2n) is 11.3. The molecule has 0 saturated carbocycles. The van der Waals surface area contributed by atoms with Crippen LogP contribution in [0.1, 0.15) is 58.6 Å². The first kappa shape index (κ1) is 25.7. The fourth-order valence-corrected chi connectivity index (χ4v) is 6.53. The van der Waals surface area contributed by atoms with Crippen molar-refractivity contribution >= 4 is 43.8 Å². The summed E-state index contributed by atoms with van der Waals surface area (Å²) in [6, 6.07) is 22.1. The maximum atomic E-state index is 3.85. The van der Waals surface area contributed by atoms with Crippen molar-refractivity contribution in [3.8, 4) is 0 Å². The minimum atomic E-state index is -0.0819. The number of benzene rings is 3. The van der Waals surface area contributed by atoms with Gasteiger partial charge in [0.15, 0.2) is 5.71 Å². The quantitative estimate of drug-likeness (QED) is 0.218. The molecule has 5 rings (SSSR count). The number of hydrogen-bond acceptors (Lipinski definition) is 1. The molecule has 2 aliphatic rings. The standard InChI is InChI=1S/C34H38BrN2/c1-7-8-23-37-29-20-17-24-13-9-10-14-26(24)32(29)34(4,5)31(37)22-19-25(35)18-21-30-33(2,3)27-15-11-12-16-28(27)36(30)6/h9-22H,7-8,23H2,1-6H3/q+1. The topological polar surface area (TPSA) is 6.25 Å². The minimum Gasteiger partial charge on any atom is -0.344 e. The van der Waals surface area contributed by atoms with Crippen LogP contribution in [0.5, 0.6) is 0 Å². The highest BCUT2D eigenvalue weighted by atomic mass is 79.9. The summed E-state index contributed by atoms with van der Waals surface area (Å²) >= 11 is 3.85. The second-order valence-corrected chi connectivity index (χ2v) is 12.2. The molecule has 0 atom stereocenters. The van der Waals surface area contributed by atoms with Gasteiger partial charge in [0.1, 0.15) is 7.05 Å². The van der Waals surface area contributed by atoms with Crippen molar-refractivity contribution in [2.45, 2.75) is 58.3 Å². The van der Waals surface area contributed by atoms with Gasteiger partial charge in [-0.05, 0) is 60.9 Å². The highest BCUT2D eigenvalue weighted by Crippen LogP contribution is 2.51. The van der Waals surface area contributed by atoms with Gasteiger partial charge in [-0.2, -0.15) is 4.58 Å². The van der Waals surface area contributed by atoms with E-state index in [-0.39, 0.29) is 10.8 Å². The molecule has 3 heteroatoms. The lowest BCUT2D eigenvalue weighted by atomic mass is 9.81. The molecule has 190 valence electrons. The third kappa shape index (κ3) is 4.32. The smallest absolute Gasteiger partial charge is 0.209 e. The maximum absolute atomic E-state index is 3.85. The molecule has 0 saturated heterocycles. The molecular formula is C34H38BrN2+. The van der Waals surface area contributed by atoms with E-state index < -0.39 is 0 Å². The average Bonchev–Trinajstić information content (AvgIpc) is 3.22. The number of unbranched alkanes of at least 4 members (excludes halogenated alkanes) is 1. The first-order chi connectivity index (χ1) is 17.7. The molecule has 0 aromatic heterocycles. The Morgan fingerprint density at radius 1 is 0.946 bits per heavy atom. The van der Waals surface area contributed by atoms with E-state index in [0.717, 1.165) is 11.0 Å². The molecular weight excluding hydrogens is 516 g/mol. The summed E-state index contributed by atoms with van der Waals surface area (Å²) < 4.78 is 3.39. The second kappa shape index (κ2) is 9.76. The molecule has 3 aromatic rings. The van der Waals surface area contributed by atoms with Gasteiger partial charge in [0.2, 0.25) is 5.69 Å². The lowest BCUT2D eigenvalue weighted by Crippen LogP contribution is -2.27. The predicted molar refractivity (Wildman–Crippen MR) is 164 cm³/mol.